The Morgan fingerprint density at radius 2 is 1.54 bits per heavy atom. The van der Waals surface area contributed by atoms with E-state index in [0.717, 1.165) is 19.1 Å². The third-order valence-corrected chi connectivity index (χ3v) is 8.11. The Morgan fingerprint density at radius 3 is 1.77 bits per heavy atom. The minimum absolute atomic E-state index is 1.13. The fourth-order valence-electron chi connectivity index (χ4n) is 1.56. The molecule has 0 heterocycles. The van der Waals surface area contributed by atoms with Crippen molar-refractivity contribution in [2.24, 2.45) is 0 Å². The fraction of sp³-hybridized carbons (Fsp3) is 0.800. The zero-order valence-corrected chi connectivity index (χ0v) is 10.8. The van der Waals surface area contributed by atoms with Crippen molar-refractivity contribution in [1.29, 1.82) is 0 Å². The Balaban J connectivity index is 4.59. The summed E-state index contributed by atoms with van der Waals surface area (Å²) in [7, 11) is 3.04. The Kier molecular flexibility index (Phi) is 5.52. The van der Waals surface area contributed by atoms with Gasteiger partial charge in [0.25, 0.3) is 0 Å². The Morgan fingerprint density at radius 1 is 1.15 bits per heavy atom. The van der Waals surface area contributed by atoms with Gasteiger partial charge in [0.2, 0.25) is 8.40 Å². The summed E-state index contributed by atoms with van der Waals surface area (Å²) in [5.74, 6) is 0. The first-order valence-electron chi connectivity index (χ1n) is 5.06. The summed E-state index contributed by atoms with van der Waals surface area (Å²) >= 11 is 0. The highest BCUT2D eigenvalue weighted by molar-refractivity contribution is 6.73. The maximum Gasteiger partial charge on any atom is 0.206 e. The molecular formula is C10H24N2Si. The molecule has 0 saturated carbocycles. The van der Waals surface area contributed by atoms with Crippen LogP contribution >= 0.6 is 0 Å². The lowest BCUT2D eigenvalue weighted by Crippen LogP contribution is -2.60. The lowest BCUT2D eigenvalue weighted by Gasteiger charge is -2.42. The molecule has 0 fully saturated rings. The highest BCUT2D eigenvalue weighted by Crippen LogP contribution is 2.17. The molecule has 0 spiro atoms. The van der Waals surface area contributed by atoms with Crippen molar-refractivity contribution in [3.63, 3.8) is 0 Å². The fourth-order valence-corrected chi connectivity index (χ4v) is 4.67. The van der Waals surface area contributed by atoms with Gasteiger partial charge < -0.3 is 9.13 Å². The topological polar surface area (TPSA) is 6.48 Å². The Bertz CT molecular complexity index is 149. The third-order valence-electron chi connectivity index (χ3n) is 3.12. The first kappa shape index (κ1) is 12.9. The van der Waals surface area contributed by atoms with Gasteiger partial charge in [0.15, 0.2) is 0 Å². The van der Waals surface area contributed by atoms with Gasteiger partial charge >= 0.3 is 0 Å². The normalized spacial score (nSPS) is 12.5. The van der Waals surface area contributed by atoms with Gasteiger partial charge in [-0.1, -0.05) is 19.9 Å². The molecule has 0 saturated heterocycles. The molecule has 0 aliphatic rings. The van der Waals surface area contributed by atoms with Crippen LogP contribution in [0.5, 0.6) is 0 Å². The van der Waals surface area contributed by atoms with Gasteiger partial charge in [-0.15, -0.1) is 6.58 Å². The predicted molar refractivity (Wildman–Crippen MR) is 63.2 cm³/mol. The maximum atomic E-state index is 3.86. The summed E-state index contributed by atoms with van der Waals surface area (Å²) in [4.78, 5) is 0. The van der Waals surface area contributed by atoms with Gasteiger partial charge in [0, 0.05) is 0 Å². The summed E-state index contributed by atoms with van der Waals surface area (Å²) in [6.07, 6.45) is 2.06. The van der Waals surface area contributed by atoms with E-state index in [2.05, 4.69) is 56.3 Å². The summed E-state index contributed by atoms with van der Waals surface area (Å²) in [5, 5.41) is 0. The molecule has 0 radical (unpaired) electrons. The molecule has 0 rings (SSSR count). The number of rotatable bonds is 6. The van der Waals surface area contributed by atoms with E-state index in [1.54, 1.807) is 0 Å². The molecule has 0 atom stereocenters. The molecule has 3 heteroatoms. The highest BCUT2D eigenvalue weighted by Gasteiger charge is 2.34. The number of hydrogen-bond donors (Lipinski definition) is 0. The van der Waals surface area contributed by atoms with E-state index in [1.807, 2.05) is 0 Å². The van der Waals surface area contributed by atoms with Crippen molar-refractivity contribution in [2.45, 2.75) is 26.4 Å². The quantitative estimate of drug-likeness (QED) is 0.479. The SMILES string of the molecule is C=CC[Si](C)(N(C)CC)N(C)CC. The van der Waals surface area contributed by atoms with Crippen molar-refractivity contribution in [2.75, 3.05) is 27.2 Å². The summed E-state index contributed by atoms with van der Waals surface area (Å²) in [5.41, 5.74) is 0. The number of hydrogen-bond acceptors (Lipinski definition) is 2. The second kappa shape index (κ2) is 5.57. The molecule has 0 aliphatic carbocycles. The molecule has 0 amide bonds. The molecule has 2 nitrogen and oxygen atoms in total. The molecule has 0 N–H and O–H groups in total. The van der Waals surface area contributed by atoms with Crippen molar-refractivity contribution in [1.82, 2.24) is 9.13 Å². The van der Waals surface area contributed by atoms with Crippen LogP contribution in [0.3, 0.4) is 0 Å². The van der Waals surface area contributed by atoms with Crippen LogP contribution in [-0.2, 0) is 0 Å². The largest absolute Gasteiger partial charge is 0.315 e. The zero-order chi connectivity index (χ0) is 10.5. The molecule has 0 aromatic rings. The molecule has 0 aromatic carbocycles. The highest BCUT2D eigenvalue weighted by atomic mass is 28.3. The van der Waals surface area contributed by atoms with E-state index in [0.29, 0.717) is 0 Å². The van der Waals surface area contributed by atoms with E-state index < -0.39 is 8.40 Å². The molecule has 13 heavy (non-hydrogen) atoms. The minimum atomic E-state index is -1.41. The zero-order valence-electron chi connectivity index (χ0n) is 9.80. The summed E-state index contributed by atoms with van der Waals surface area (Å²) in [6.45, 7) is 13.0. The average molecular weight is 200 g/mol. The van der Waals surface area contributed by atoms with Crippen LogP contribution in [0, 0.1) is 0 Å². The van der Waals surface area contributed by atoms with Gasteiger partial charge in [-0.25, -0.2) is 0 Å². The van der Waals surface area contributed by atoms with E-state index >= 15 is 0 Å². The molecular weight excluding hydrogens is 176 g/mol. The second-order valence-electron chi connectivity index (χ2n) is 3.74. The predicted octanol–water partition coefficient (Wildman–Crippen LogP) is 2.15. The lowest BCUT2D eigenvalue weighted by molar-refractivity contribution is 0.417. The van der Waals surface area contributed by atoms with Crippen LogP contribution in [0.1, 0.15) is 13.8 Å². The van der Waals surface area contributed by atoms with E-state index in [1.165, 1.54) is 0 Å². The smallest absolute Gasteiger partial charge is 0.206 e. The van der Waals surface area contributed by atoms with Crippen LogP contribution in [-0.4, -0.2) is 44.7 Å². The molecule has 0 unspecified atom stereocenters. The average Bonchev–Trinajstić information content (AvgIpc) is 2.15. The first-order chi connectivity index (χ1) is 6.02. The standard InChI is InChI=1S/C10H24N2Si/c1-7-10-13(6,11(4)8-2)12(5)9-3/h7H,1,8-10H2,2-6H3. The van der Waals surface area contributed by atoms with Crippen LogP contribution in [0.15, 0.2) is 12.7 Å². The van der Waals surface area contributed by atoms with E-state index in [-0.39, 0.29) is 0 Å². The summed E-state index contributed by atoms with van der Waals surface area (Å²) < 4.78 is 5.00. The Hall–Kier alpha value is -0.123. The first-order valence-corrected chi connectivity index (χ1v) is 7.66. The van der Waals surface area contributed by atoms with Crippen molar-refractivity contribution in [3.05, 3.63) is 12.7 Å². The van der Waals surface area contributed by atoms with Crippen LogP contribution < -0.4 is 0 Å². The maximum absolute atomic E-state index is 3.86. The van der Waals surface area contributed by atoms with E-state index in [4.69, 9.17) is 0 Å². The van der Waals surface area contributed by atoms with Gasteiger partial charge in [-0.05, 0) is 39.8 Å². The van der Waals surface area contributed by atoms with Crippen LogP contribution in [0.25, 0.3) is 0 Å². The van der Waals surface area contributed by atoms with Gasteiger partial charge in [0.1, 0.15) is 0 Å². The summed E-state index contributed by atoms with van der Waals surface area (Å²) in [6, 6.07) is 1.14. The number of nitrogens with zero attached hydrogens (tertiary/aromatic N) is 2. The molecule has 0 aromatic heterocycles. The van der Waals surface area contributed by atoms with Crippen LogP contribution in [0.2, 0.25) is 12.6 Å². The van der Waals surface area contributed by atoms with Gasteiger partial charge in [0.05, 0.1) is 0 Å². The van der Waals surface area contributed by atoms with Crippen molar-refractivity contribution in [3.8, 4) is 0 Å². The second-order valence-corrected chi connectivity index (χ2v) is 8.11. The van der Waals surface area contributed by atoms with Gasteiger partial charge in [-0.3, -0.25) is 0 Å². The molecule has 78 valence electrons. The molecule has 0 aliphatic heterocycles. The minimum Gasteiger partial charge on any atom is -0.315 e. The Labute approximate surface area is 84.4 Å². The molecule has 0 bridgehead atoms. The van der Waals surface area contributed by atoms with Crippen molar-refractivity contribution >= 4 is 8.40 Å². The third kappa shape index (κ3) is 2.93. The van der Waals surface area contributed by atoms with E-state index in [9.17, 15) is 0 Å². The van der Waals surface area contributed by atoms with Crippen molar-refractivity contribution < 1.29 is 0 Å². The monoisotopic (exact) mass is 200 g/mol. The van der Waals surface area contributed by atoms with Gasteiger partial charge in [-0.2, -0.15) is 0 Å². The lowest BCUT2D eigenvalue weighted by atomic mass is 10.8. The van der Waals surface area contributed by atoms with Crippen LogP contribution in [0.4, 0.5) is 0 Å². The number of allylic oxidation sites excluding steroid dienone is 1.